The topological polar surface area (TPSA) is 105 Å². The van der Waals surface area contributed by atoms with Crippen LogP contribution in [0.2, 0.25) is 0 Å². The van der Waals surface area contributed by atoms with Crippen molar-refractivity contribution in [3.8, 4) is 11.1 Å². The van der Waals surface area contributed by atoms with Gasteiger partial charge in [-0.05, 0) is 28.2 Å². The first-order chi connectivity index (χ1) is 16.3. The van der Waals surface area contributed by atoms with Crippen LogP contribution in [0, 0.1) is 5.92 Å². The van der Waals surface area contributed by atoms with Crippen molar-refractivity contribution in [2.24, 2.45) is 5.92 Å². The van der Waals surface area contributed by atoms with Crippen molar-refractivity contribution in [1.82, 2.24) is 10.2 Å². The molecule has 1 saturated heterocycles. The number of amides is 2. The molecule has 0 spiro atoms. The van der Waals surface area contributed by atoms with Crippen LogP contribution < -0.4 is 5.32 Å². The number of rotatable bonds is 8. The molecule has 0 aromatic heterocycles. The fourth-order valence-electron chi connectivity index (χ4n) is 4.83. The lowest BCUT2D eigenvalue weighted by Crippen LogP contribution is -2.44. The Labute approximate surface area is 198 Å². The Morgan fingerprint density at radius 1 is 1.12 bits per heavy atom. The first-order valence-electron chi connectivity index (χ1n) is 11.5. The number of nitrogens with one attached hydrogen (secondary N) is 1. The quantitative estimate of drug-likeness (QED) is 0.619. The molecule has 2 aromatic rings. The van der Waals surface area contributed by atoms with Gasteiger partial charge in [-0.1, -0.05) is 55.5 Å². The molecule has 2 amide bonds. The molecule has 0 radical (unpaired) electrons. The maximum atomic E-state index is 12.6. The highest BCUT2D eigenvalue weighted by Crippen LogP contribution is 2.44. The number of methoxy groups -OCH3 is 1. The van der Waals surface area contributed by atoms with Crippen LogP contribution in [-0.4, -0.2) is 66.9 Å². The number of alkyl carbamates (subject to hydrolysis) is 1. The van der Waals surface area contributed by atoms with E-state index in [-0.39, 0.29) is 50.3 Å². The van der Waals surface area contributed by atoms with E-state index in [1.54, 1.807) is 0 Å². The van der Waals surface area contributed by atoms with Crippen LogP contribution in [0.5, 0.6) is 0 Å². The number of carbonyl (C=O) groups is 3. The van der Waals surface area contributed by atoms with Crippen molar-refractivity contribution in [3.63, 3.8) is 0 Å². The van der Waals surface area contributed by atoms with E-state index in [2.05, 4.69) is 29.6 Å². The van der Waals surface area contributed by atoms with Crippen LogP contribution in [0.15, 0.2) is 48.5 Å². The van der Waals surface area contributed by atoms with Gasteiger partial charge in [-0.15, -0.1) is 0 Å². The maximum absolute atomic E-state index is 12.6. The van der Waals surface area contributed by atoms with E-state index in [1.807, 2.05) is 31.2 Å². The third-order valence-electron chi connectivity index (χ3n) is 6.83. The van der Waals surface area contributed by atoms with E-state index in [0.717, 1.165) is 11.1 Å². The Kier molecular flexibility index (Phi) is 6.88. The molecule has 1 aliphatic heterocycles. The SMILES string of the molecule is COC1(C(=O)O)CCN(C(=O)CC(C)CNC(=O)OCC2c3ccccc3-c3ccccc32)C1. The molecule has 8 heteroatoms. The number of nitrogens with zero attached hydrogens (tertiary/aromatic N) is 1. The minimum Gasteiger partial charge on any atom is -0.479 e. The molecule has 0 bridgehead atoms. The summed E-state index contributed by atoms with van der Waals surface area (Å²) in [6.07, 6.45) is -0.0633. The minimum atomic E-state index is -1.33. The number of hydrogen-bond acceptors (Lipinski definition) is 5. The Morgan fingerprint density at radius 3 is 2.29 bits per heavy atom. The van der Waals surface area contributed by atoms with Gasteiger partial charge in [0.2, 0.25) is 5.91 Å². The van der Waals surface area contributed by atoms with E-state index in [0.29, 0.717) is 6.54 Å². The summed E-state index contributed by atoms with van der Waals surface area (Å²) in [5, 5.41) is 12.1. The van der Waals surface area contributed by atoms with Crippen molar-refractivity contribution in [2.75, 3.05) is 33.4 Å². The second kappa shape index (κ2) is 9.85. The summed E-state index contributed by atoms with van der Waals surface area (Å²) in [5.74, 6) is -1.35. The summed E-state index contributed by atoms with van der Waals surface area (Å²) in [5.41, 5.74) is 3.30. The van der Waals surface area contributed by atoms with Gasteiger partial charge < -0.3 is 24.8 Å². The Balaban J connectivity index is 1.25. The van der Waals surface area contributed by atoms with Gasteiger partial charge in [-0.25, -0.2) is 9.59 Å². The van der Waals surface area contributed by atoms with E-state index in [4.69, 9.17) is 9.47 Å². The third kappa shape index (κ3) is 4.63. The summed E-state index contributed by atoms with van der Waals surface area (Å²) >= 11 is 0. The lowest BCUT2D eigenvalue weighted by Gasteiger charge is -2.24. The third-order valence-corrected chi connectivity index (χ3v) is 6.83. The average molecular weight is 467 g/mol. The molecular formula is C26H30N2O6. The molecule has 4 rings (SSSR count). The molecule has 2 N–H and O–H groups in total. The predicted molar refractivity (Wildman–Crippen MR) is 125 cm³/mol. The second-order valence-electron chi connectivity index (χ2n) is 9.08. The number of likely N-dealkylation sites (tertiary alicyclic amines) is 1. The van der Waals surface area contributed by atoms with Crippen molar-refractivity contribution in [2.45, 2.75) is 31.3 Å². The molecule has 1 heterocycles. The Hall–Kier alpha value is -3.39. The van der Waals surface area contributed by atoms with Gasteiger partial charge in [-0.3, -0.25) is 4.79 Å². The molecule has 2 aliphatic rings. The Bertz CT molecular complexity index is 1040. The largest absolute Gasteiger partial charge is 0.479 e. The Morgan fingerprint density at radius 2 is 1.74 bits per heavy atom. The van der Waals surface area contributed by atoms with Crippen molar-refractivity contribution >= 4 is 18.0 Å². The van der Waals surface area contributed by atoms with Crippen LogP contribution in [-0.2, 0) is 19.1 Å². The van der Waals surface area contributed by atoms with Gasteiger partial charge >= 0.3 is 12.1 Å². The van der Waals surface area contributed by atoms with Gasteiger partial charge in [0.25, 0.3) is 0 Å². The lowest BCUT2D eigenvalue weighted by molar-refractivity contribution is -0.161. The van der Waals surface area contributed by atoms with Gasteiger partial charge in [0.05, 0.1) is 6.54 Å². The summed E-state index contributed by atoms with van der Waals surface area (Å²) in [6, 6.07) is 16.3. The fourth-order valence-corrected chi connectivity index (χ4v) is 4.83. The first-order valence-corrected chi connectivity index (χ1v) is 11.5. The number of carboxylic acid groups (broad SMARTS) is 1. The summed E-state index contributed by atoms with van der Waals surface area (Å²) < 4.78 is 10.7. The molecular weight excluding hydrogens is 436 g/mol. The molecule has 2 aromatic carbocycles. The standard InChI is InChI=1S/C26H30N2O6/c1-17(13-23(29)28-12-11-26(16-28,33-2)24(30)31)14-27-25(32)34-15-22-20-9-5-3-7-18(20)19-8-4-6-10-21(19)22/h3-10,17,22H,11-16H2,1-2H3,(H,27,32)(H,30,31). The zero-order valence-corrected chi connectivity index (χ0v) is 19.5. The van der Waals surface area contributed by atoms with Crippen LogP contribution in [0.3, 0.4) is 0 Å². The lowest BCUT2D eigenvalue weighted by atomic mass is 9.98. The highest BCUT2D eigenvalue weighted by molar-refractivity contribution is 5.82. The molecule has 2 unspecified atom stereocenters. The van der Waals surface area contributed by atoms with E-state index >= 15 is 0 Å². The number of hydrogen-bond donors (Lipinski definition) is 2. The number of fused-ring (bicyclic) bond motifs is 3. The molecule has 1 fully saturated rings. The zero-order valence-electron chi connectivity index (χ0n) is 19.5. The first kappa shape index (κ1) is 23.8. The molecule has 2 atom stereocenters. The summed E-state index contributed by atoms with van der Waals surface area (Å²) in [6.45, 7) is 2.74. The van der Waals surface area contributed by atoms with Crippen molar-refractivity contribution < 1.29 is 29.0 Å². The van der Waals surface area contributed by atoms with Crippen LogP contribution in [0.4, 0.5) is 4.79 Å². The average Bonchev–Trinajstić information content (AvgIpc) is 3.42. The highest BCUT2D eigenvalue weighted by atomic mass is 16.5. The maximum Gasteiger partial charge on any atom is 0.407 e. The molecule has 1 aliphatic carbocycles. The molecule has 8 nitrogen and oxygen atoms in total. The number of carboxylic acids is 1. The molecule has 180 valence electrons. The number of ether oxygens (including phenoxy) is 2. The fraction of sp³-hybridized carbons (Fsp3) is 0.423. The van der Waals surface area contributed by atoms with Gasteiger partial charge in [0.1, 0.15) is 6.61 Å². The van der Waals surface area contributed by atoms with E-state index in [1.165, 1.54) is 23.1 Å². The smallest absolute Gasteiger partial charge is 0.407 e. The predicted octanol–water partition coefficient (Wildman–Crippen LogP) is 3.25. The number of benzene rings is 2. The van der Waals surface area contributed by atoms with Crippen LogP contribution in [0.1, 0.15) is 36.8 Å². The monoisotopic (exact) mass is 466 g/mol. The molecule has 34 heavy (non-hydrogen) atoms. The van der Waals surface area contributed by atoms with Gasteiger partial charge in [-0.2, -0.15) is 0 Å². The van der Waals surface area contributed by atoms with Gasteiger partial charge in [0.15, 0.2) is 5.60 Å². The minimum absolute atomic E-state index is 0.0115. The number of carbonyl (C=O) groups excluding carboxylic acids is 2. The normalized spacial score (nSPS) is 19.9. The second-order valence-corrected chi connectivity index (χ2v) is 9.08. The van der Waals surface area contributed by atoms with Crippen LogP contribution >= 0.6 is 0 Å². The number of aliphatic carboxylic acids is 1. The summed E-state index contributed by atoms with van der Waals surface area (Å²) in [4.78, 5) is 38.0. The van der Waals surface area contributed by atoms with E-state index in [9.17, 15) is 19.5 Å². The molecule has 0 saturated carbocycles. The highest BCUT2D eigenvalue weighted by Gasteiger charge is 2.46. The van der Waals surface area contributed by atoms with Crippen molar-refractivity contribution in [3.05, 3.63) is 59.7 Å². The van der Waals surface area contributed by atoms with Crippen LogP contribution in [0.25, 0.3) is 11.1 Å². The van der Waals surface area contributed by atoms with E-state index < -0.39 is 17.7 Å². The van der Waals surface area contributed by atoms with Crippen molar-refractivity contribution in [1.29, 1.82) is 0 Å². The summed E-state index contributed by atoms with van der Waals surface area (Å²) in [7, 11) is 1.35. The zero-order chi connectivity index (χ0) is 24.3. The van der Waals surface area contributed by atoms with Gasteiger partial charge in [0, 0.05) is 39.0 Å².